The van der Waals surface area contributed by atoms with Gasteiger partial charge in [-0.2, -0.15) is 0 Å². The number of carbonyl (C=O) groups excluding carboxylic acids is 2. The molecule has 1 heterocycles. The number of esters is 1. The van der Waals surface area contributed by atoms with Gasteiger partial charge in [0.05, 0.1) is 23.9 Å². The Bertz CT molecular complexity index is 1020. The van der Waals surface area contributed by atoms with Crippen LogP contribution in [0.4, 0.5) is 17.3 Å². The number of rotatable bonds is 5. The Hall–Kier alpha value is -3.45. The van der Waals surface area contributed by atoms with Gasteiger partial charge in [0, 0.05) is 23.1 Å². The second-order valence-electron chi connectivity index (χ2n) is 5.88. The molecule has 0 atom stereocenters. The fourth-order valence-electron chi connectivity index (χ4n) is 2.38. The lowest BCUT2D eigenvalue weighted by Gasteiger charge is -2.10. The first-order chi connectivity index (χ1) is 13.5. The molecule has 3 aromatic rings. The molecule has 142 valence electrons. The highest BCUT2D eigenvalue weighted by Crippen LogP contribution is 2.22. The third-order valence-corrected chi connectivity index (χ3v) is 4.33. The fraction of sp³-hybridized carbons (Fsp3) is 0.100. The van der Waals surface area contributed by atoms with Crippen LogP contribution in [0.25, 0.3) is 0 Å². The zero-order valence-electron chi connectivity index (χ0n) is 15.2. The molecular weight excluding hydrogens is 380 g/mol. The lowest BCUT2D eigenvalue weighted by atomic mass is 10.1. The number of ether oxygens (including phenoxy) is 1. The molecule has 8 heteroatoms. The van der Waals surface area contributed by atoms with Gasteiger partial charge in [0.1, 0.15) is 0 Å². The fourth-order valence-corrected chi connectivity index (χ4v) is 2.56. The van der Waals surface area contributed by atoms with Gasteiger partial charge in [-0.15, -0.1) is 0 Å². The van der Waals surface area contributed by atoms with Crippen LogP contribution in [0.2, 0.25) is 5.02 Å². The Balaban J connectivity index is 1.72. The van der Waals surface area contributed by atoms with E-state index in [0.717, 1.165) is 11.3 Å². The lowest BCUT2D eigenvalue weighted by molar-refractivity contribution is 0.0602. The van der Waals surface area contributed by atoms with Crippen LogP contribution >= 0.6 is 11.6 Å². The normalized spacial score (nSPS) is 10.2. The van der Waals surface area contributed by atoms with Crippen molar-refractivity contribution in [2.45, 2.75) is 6.92 Å². The first kappa shape index (κ1) is 19.3. The molecular formula is C20H17ClN4O3. The molecule has 0 saturated heterocycles. The van der Waals surface area contributed by atoms with Gasteiger partial charge in [-0.25, -0.2) is 14.8 Å². The number of methoxy groups -OCH3 is 1. The molecule has 0 unspecified atom stereocenters. The molecule has 0 aliphatic carbocycles. The Morgan fingerprint density at radius 2 is 1.79 bits per heavy atom. The van der Waals surface area contributed by atoms with Crippen LogP contribution in [0.1, 0.15) is 26.3 Å². The van der Waals surface area contributed by atoms with Crippen LogP contribution in [-0.2, 0) is 4.74 Å². The van der Waals surface area contributed by atoms with E-state index in [4.69, 9.17) is 16.3 Å². The average Bonchev–Trinajstić information content (AvgIpc) is 2.71. The number of benzene rings is 2. The Morgan fingerprint density at radius 1 is 1.07 bits per heavy atom. The number of hydrogen-bond donors (Lipinski definition) is 2. The summed E-state index contributed by atoms with van der Waals surface area (Å²) >= 11 is 6.10. The maximum Gasteiger partial charge on any atom is 0.339 e. The van der Waals surface area contributed by atoms with Crippen LogP contribution in [0.15, 0.2) is 54.9 Å². The van der Waals surface area contributed by atoms with Gasteiger partial charge in [0.2, 0.25) is 5.95 Å². The molecule has 1 aromatic heterocycles. The highest BCUT2D eigenvalue weighted by molar-refractivity contribution is 6.31. The number of anilines is 3. The van der Waals surface area contributed by atoms with Gasteiger partial charge < -0.3 is 15.4 Å². The van der Waals surface area contributed by atoms with Crippen molar-refractivity contribution < 1.29 is 14.3 Å². The van der Waals surface area contributed by atoms with Crippen molar-refractivity contribution in [3.05, 3.63) is 76.6 Å². The molecule has 0 bridgehead atoms. The largest absolute Gasteiger partial charge is 0.465 e. The molecule has 0 spiro atoms. The Morgan fingerprint density at radius 3 is 2.46 bits per heavy atom. The number of carbonyl (C=O) groups is 2. The van der Waals surface area contributed by atoms with Gasteiger partial charge in [-0.3, -0.25) is 4.79 Å². The van der Waals surface area contributed by atoms with E-state index in [1.165, 1.54) is 19.5 Å². The summed E-state index contributed by atoms with van der Waals surface area (Å²) in [7, 11) is 1.28. The zero-order chi connectivity index (χ0) is 20.1. The predicted octanol–water partition coefficient (Wildman–Crippen LogP) is 4.22. The summed E-state index contributed by atoms with van der Waals surface area (Å²) in [4.78, 5) is 32.5. The monoisotopic (exact) mass is 396 g/mol. The maximum atomic E-state index is 12.4. The molecule has 0 saturated carbocycles. The number of hydrogen-bond acceptors (Lipinski definition) is 6. The van der Waals surface area contributed by atoms with Gasteiger partial charge in [-0.1, -0.05) is 29.8 Å². The number of aryl methyl sites for hydroxylation is 1. The minimum absolute atomic E-state index is 0.243. The summed E-state index contributed by atoms with van der Waals surface area (Å²) in [5, 5.41) is 6.32. The van der Waals surface area contributed by atoms with Crippen LogP contribution < -0.4 is 10.6 Å². The molecule has 0 aliphatic heterocycles. The smallest absolute Gasteiger partial charge is 0.339 e. The lowest BCUT2D eigenvalue weighted by Crippen LogP contribution is -2.16. The highest BCUT2D eigenvalue weighted by atomic mass is 35.5. The summed E-state index contributed by atoms with van der Waals surface area (Å²) in [6, 6.07) is 12.1. The second-order valence-corrected chi connectivity index (χ2v) is 6.28. The maximum absolute atomic E-state index is 12.4. The molecule has 7 nitrogen and oxygen atoms in total. The third-order valence-electron chi connectivity index (χ3n) is 3.92. The summed E-state index contributed by atoms with van der Waals surface area (Å²) in [6.07, 6.45) is 2.78. The summed E-state index contributed by atoms with van der Waals surface area (Å²) in [5.41, 5.74) is 2.55. The number of para-hydroxylation sites is 1. The van der Waals surface area contributed by atoms with Crippen LogP contribution in [0, 0.1) is 6.92 Å². The SMILES string of the molecule is COC(=O)c1ccccc1NC(=O)c1cnc(Nc2ccc(C)c(Cl)c2)nc1. The molecule has 3 rings (SSSR count). The predicted molar refractivity (Wildman–Crippen MR) is 107 cm³/mol. The topological polar surface area (TPSA) is 93.2 Å². The molecule has 0 fully saturated rings. The molecule has 1 amide bonds. The molecule has 2 aromatic carbocycles. The van der Waals surface area contributed by atoms with Crippen molar-refractivity contribution in [1.82, 2.24) is 9.97 Å². The van der Waals surface area contributed by atoms with Crippen LogP contribution in [-0.4, -0.2) is 29.0 Å². The Labute approximate surface area is 166 Å². The first-order valence-corrected chi connectivity index (χ1v) is 8.69. The van der Waals surface area contributed by atoms with E-state index in [0.29, 0.717) is 16.7 Å². The van der Waals surface area contributed by atoms with E-state index in [1.54, 1.807) is 30.3 Å². The molecule has 28 heavy (non-hydrogen) atoms. The van der Waals surface area contributed by atoms with E-state index in [9.17, 15) is 9.59 Å². The van der Waals surface area contributed by atoms with Crippen molar-refractivity contribution in [3.63, 3.8) is 0 Å². The van der Waals surface area contributed by atoms with Crippen LogP contribution in [0.5, 0.6) is 0 Å². The third kappa shape index (κ3) is 4.44. The minimum atomic E-state index is -0.538. The van der Waals surface area contributed by atoms with Gasteiger partial charge in [0.15, 0.2) is 0 Å². The van der Waals surface area contributed by atoms with Crippen molar-refractivity contribution in [3.8, 4) is 0 Å². The van der Waals surface area contributed by atoms with E-state index in [1.807, 2.05) is 19.1 Å². The van der Waals surface area contributed by atoms with E-state index < -0.39 is 11.9 Å². The van der Waals surface area contributed by atoms with Gasteiger partial charge >= 0.3 is 5.97 Å². The highest BCUT2D eigenvalue weighted by Gasteiger charge is 2.15. The molecule has 0 aliphatic rings. The van der Waals surface area contributed by atoms with Gasteiger partial charge in [-0.05, 0) is 36.8 Å². The molecule has 2 N–H and O–H groups in total. The summed E-state index contributed by atoms with van der Waals surface area (Å²) in [5.74, 6) is -0.656. The molecule has 0 radical (unpaired) electrons. The van der Waals surface area contributed by atoms with Crippen molar-refractivity contribution in [2.24, 2.45) is 0 Å². The second kappa shape index (κ2) is 8.49. The zero-order valence-corrected chi connectivity index (χ0v) is 15.9. The first-order valence-electron chi connectivity index (χ1n) is 8.32. The number of amides is 1. The number of aromatic nitrogens is 2. The number of nitrogens with zero attached hydrogens (tertiary/aromatic N) is 2. The average molecular weight is 397 g/mol. The summed E-state index contributed by atoms with van der Waals surface area (Å²) < 4.78 is 4.72. The summed E-state index contributed by atoms with van der Waals surface area (Å²) in [6.45, 7) is 1.91. The Kier molecular flexibility index (Phi) is 5.86. The van der Waals surface area contributed by atoms with Crippen molar-refractivity contribution in [2.75, 3.05) is 17.7 Å². The standard InChI is InChI=1S/C20H17ClN4O3/c1-12-7-8-14(9-16(12)21)24-20-22-10-13(11-23-20)18(26)25-17-6-4-3-5-15(17)19(27)28-2/h3-11H,1-2H3,(H,25,26)(H,22,23,24). The van der Waals surface area contributed by atoms with Crippen molar-refractivity contribution in [1.29, 1.82) is 0 Å². The number of nitrogens with one attached hydrogen (secondary N) is 2. The van der Waals surface area contributed by atoms with Crippen molar-refractivity contribution >= 4 is 40.8 Å². The van der Waals surface area contributed by atoms with E-state index >= 15 is 0 Å². The van der Waals surface area contributed by atoms with Crippen LogP contribution in [0.3, 0.4) is 0 Å². The minimum Gasteiger partial charge on any atom is -0.465 e. The van der Waals surface area contributed by atoms with Gasteiger partial charge in [0.25, 0.3) is 5.91 Å². The quantitative estimate of drug-likeness (QED) is 0.627. The van der Waals surface area contributed by atoms with E-state index in [2.05, 4.69) is 20.6 Å². The number of halogens is 1. The van der Waals surface area contributed by atoms with E-state index in [-0.39, 0.29) is 11.1 Å².